The number of carbonyl (C=O) groups is 1. The Morgan fingerprint density at radius 2 is 1.96 bits per heavy atom. The van der Waals surface area contributed by atoms with Crippen molar-refractivity contribution in [2.45, 2.75) is 63.2 Å². The lowest BCUT2D eigenvalue weighted by atomic mass is 9.82. The summed E-state index contributed by atoms with van der Waals surface area (Å²) in [4.78, 5) is 15.3. The first kappa shape index (κ1) is 17.4. The number of fused-ring (bicyclic) bond motifs is 3. The Balaban J connectivity index is 1.55. The number of amides is 1. The van der Waals surface area contributed by atoms with Crippen molar-refractivity contribution < 1.29 is 13.6 Å². The summed E-state index contributed by atoms with van der Waals surface area (Å²) in [5.74, 6) is -0.262. The van der Waals surface area contributed by atoms with Crippen LogP contribution in [0.3, 0.4) is 0 Å². The van der Waals surface area contributed by atoms with Crippen LogP contribution in [0, 0.1) is 0 Å². The maximum absolute atomic E-state index is 12.8. The van der Waals surface area contributed by atoms with E-state index >= 15 is 0 Å². The summed E-state index contributed by atoms with van der Waals surface area (Å²) in [7, 11) is 2.17. The molecular formula is C19H24F2N4O. The number of piperidine rings is 2. The molecule has 26 heavy (non-hydrogen) atoms. The summed E-state index contributed by atoms with van der Waals surface area (Å²) in [6.07, 6.45) is 2.96. The summed E-state index contributed by atoms with van der Waals surface area (Å²) in [5, 5.41) is 7.93. The van der Waals surface area contributed by atoms with Gasteiger partial charge in [-0.1, -0.05) is 24.6 Å². The van der Waals surface area contributed by atoms with Crippen LogP contribution < -0.4 is 5.32 Å². The van der Waals surface area contributed by atoms with E-state index in [1.165, 1.54) is 23.9 Å². The van der Waals surface area contributed by atoms with Crippen LogP contribution in [-0.2, 0) is 6.54 Å². The normalized spacial score (nSPS) is 26.4. The van der Waals surface area contributed by atoms with E-state index in [0.717, 1.165) is 12.8 Å². The fourth-order valence-electron chi connectivity index (χ4n) is 4.55. The minimum absolute atomic E-state index is 0.119. The van der Waals surface area contributed by atoms with Crippen molar-refractivity contribution in [1.29, 1.82) is 0 Å². The lowest BCUT2D eigenvalue weighted by Gasteiger charge is -2.47. The highest BCUT2D eigenvalue weighted by Gasteiger charge is 2.36. The molecule has 2 atom stereocenters. The zero-order valence-corrected chi connectivity index (χ0v) is 14.9. The Hall–Kier alpha value is -2.02. The Bertz CT molecular complexity index is 792. The molecule has 2 fully saturated rings. The molecule has 0 radical (unpaired) electrons. The molecule has 2 aliphatic heterocycles. The summed E-state index contributed by atoms with van der Waals surface area (Å²) in [5.41, 5.74) is 0.809. The van der Waals surface area contributed by atoms with Gasteiger partial charge < -0.3 is 10.2 Å². The number of alkyl halides is 2. The monoisotopic (exact) mass is 362 g/mol. The van der Waals surface area contributed by atoms with Crippen LogP contribution in [0.2, 0.25) is 0 Å². The van der Waals surface area contributed by atoms with Crippen molar-refractivity contribution in [3.8, 4) is 0 Å². The minimum atomic E-state index is -2.51. The number of hydrogen-bond acceptors (Lipinski definition) is 3. The number of halogens is 2. The van der Waals surface area contributed by atoms with Crippen LogP contribution in [0.5, 0.6) is 0 Å². The molecule has 7 heteroatoms. The fourth-order valence-corrected chi connectivity index (χ4v) is 4.55. The summed E-state index contributed by atoms with van der Waals surface area (Å²) >= 11 is 0. The van der Waals surface area contributed by atoms with E-state index in [9.17, 15) is 13.6 Å². The van der Waals surface area contributed by atoms with Crippen molar-refractivity contribution >= 4 is 16.8 Å². The van der Waals surface area contributed by atoms with Crippen LogP contribution in [0.25, 0.3) is 10.9 Å². The maximum Gasteiger partial charge on any atom is 0.272 e. The van der Waals surface area contributed by atoms with E-state index in [0.29, 0.717) is 23.0 Å². The van der Waals surface area contributed by atoms with Crippen LogP contribution >= 0.6 is 0 Å². The van der Waals surface area contributed by atoms with E-state index < -0.39 is 13.0 Å². The van der Waals surface area contributed by atoms with Gasteiger partial charge in [0.15, 0.2) is 5.69 Å². The first-order valence-corrected chi connectivity index (χ1v) is 9.29. The molecule has 2 bridgehead atoms. The molecule has 3 heterocycles. The van der Waals surface area contributed by atoms with E-state index in [4.69, 9.17) is 0 Å². The highest BCUT2D eigenvalue weighted by molar-refractivity contribution is 6.05. The lowest BCUT2D eigenvalue weighted by molar-refractivity contribution is 0.0461. The zero-order chi connectivity index (χ0) is 18.3. The molecule has 1 aromatic carbocycles. The third-order valence-corrected chi connectivity index (χ3v) is 5.86. The Labute approximate surface area is 151 Å². The summed E-state index contributed by atoms with van der Waals surface area (Å²) in [6.45, 7) is -0.508. The molecule has 0 spiro atoms. The van der Waals surface area contributed by atoms with E-state index in [1.807, 2.05) is 0 Å². The number of nitrogens with one attached hydrogen (secondary N) is 1. The van der Waals surface area contributed by atoms with Gasteiger partial charge in [-0.2, -0.15) is 5.10 Å². The number of aromatic nitrogens is 2. The molecule has 4 rings (SSSR count). The molecule has 1 amide bonds. The molecule has 140 valence electrons. The molecule has 2 aliphatic rings. The zero-order valence-electron chi connectivity index (χ0n) is 14.9. The second-order valence-electron chi connectivity index (χ2n) is 7.48. The number of nitrogens with zero attached hydrogens (tertiary/aromatic N) is 3. The van der Waals surface area contributed by atoms with Gasteiger partial charge in [-0.15, -0.1) is 0 Å². The molecule has 0 aliphatic carbocycles. The first-order chi connectivity index (χ1) is 12.5. The van der Waals surface area contributed by atoms with E-state index in [-0.39, 0.29) is 17.6 Å². The highest BCUT2D eigenvalue weighted by atomic mass is 19.3. The smallest absolute Gasteiger partial charge is 0.272 e. The number of benzene rings is 1. The molecule has 0 saturated carbocycles. The third-order valence-electron chi connectivity index (χ3n) is 5.86. The maximum atomic E-state index is 12.8. The second-order valence-corrected chi connectivity index (χ2v) is 7.48. The molecule has 5 nitrogen and oxygen atoms in total. The minimum Gasteiger partial charge on any atom is -0.348 e. The summed E-state index contributed by atoms with van der Waals surface area (Å²) < 4.78 is 26.9. The Morgan fingerprint density at radius 3 is 2.65 bits per heavy atom. The predicted octanol–water partition coefficient (Wildman–Crippen LogP) is 3.05. The largest absolute Gasteiger partial charge is 0.348 e. The standard InChI is InChI=1S/C19H24F2N4O/c1-24-13-5-4-6-14(24)10-12(9-13)22-19(26)18-15-7-2-3-8-16(15)25(23-18)11-17(20)21/h2-3,7-8,12-14,17H,4-6,9-11H2,1H3,(H,22,26). The quantitative estimate of drug-likeness (QED) is 0.910. The van der Waals surface area contributed by atoms with E-state index in [2.05, 4.69) is 22.4 Å². The highest BCUT2D eigenvalue weighted by Crippen LogP contribution is 2.32. The second kappa shape index (κ2) is 6.95. The van der Waals surface area contributed by atoms with Crippen LogP contribution in [-0.4, -0.2) is 52.2 Å². The van der Waals surface area contributed by atoms with Gasteiger partial charge in [0.1, 0.15) is 6.54 Å². The molecule has 2 saturated heterocycles. The van der Waals surface area contributed by atoms with Gasteiger partial charge in [0.2, 0.25) is 0 Å². The predicted molar refractivity (Wildman–Crippen MR) is 95.4 cm³/mol. The van der Waals surface area contributed by atoms with Crippen LogP contribution in [0.1, 0.15) is 42.6 Å². The van der Waals surface area contributed by atoms with Crippen LogP contribution in [0.4, 0.5) is 8.78 Å². The van der Waals surface area contributed by atoms with Gasteiger partial charge in [-0.3, -0.25) is 9.48 Å². The van der Waals surface area contributed by atoms with Crippen molar-refractivity contribution in [3.05, 3.63) is 30.0 Å². The molecule has 1 aromatic heterocycles. The summed E-state index contributed by atoms with van der Waals surface area (Å²) in [6, 6.07) is 8.21. The first-order valence-electron chi connectivity index (χ1n) is 9.29. The average molecular weight is 362 g/mol. The molecule has 2 aromatic rings. The number of hydrogen-bond donors (Lipinski definition) is 1. The SMILES string of the molecule is CN1C2CCCC1CC(NC(=O)c1nn(CC(F)F)c3ccccc13)C2. The van der Waals surface area contributed by atoms with Crippen molar-refractivity contribution in [3.63, 3.8) is 0 Å². The Morgan fingerprint density at radius 1 is 1.27 bits per heavy atom. The third kappa shape index (κ3) is 3.20. The molecule has 2 unspecified atom stereocenters. The van der Waals surface area contributed by atoms with Gasteiger partial charge in [0, 0.05) is 23.5 Å². The van der Waals surface area contributed by atoms with Gasteiger partial charge >= 0.3 is 0 Å². The van der Waals surface area contributed by atoms with Crippen molar-refractivity contribution in [1.82, 2.24) is 20.0 Å². The Kier molecular flexibility index (Phi) is 4.65. The molecular weight excluding hydrogens is 338 g/mol. The van der Waals surface area contributed by atoms with Gasteiger partial charge in [0.25, 0.3) is 12.3 Å². The van der Waals surface area contributed by atoms with E-state index in [1.54, 1.807) is 24.3 Å². The topological polar surface area (TPSA) is 50.2 Å². The van der Waals surface area contributed by atoms with Gasteiger partial charge in [-0.05, 0) is 38.8 Å². The lowest BCUT2D eigenvalue weighted by Crippen LogP contribution is -2.55. The molecule has 1 N–H and O–H groups in total. The van der Waals surface area contributed by atoms with Gasteiger partial charge in [-0.25, -0.2) is 8.78 Å². The van der Waals surface area contributed by atoms with Crippen molar-refractivity contribution in [2.75, 3.05) is 7.05 Å². The average Bonchev–Trinajstić information content (AvgIpc) is 2.94. The van der Waals surface area contributed by atoms with Crippen LogP contribution in [0.15, 0.2) is 24.3 Å². The number of carbonyl (C=O) groups excluding carboxylic acids is 1. The number of rotatable bonds is 4. The van der Waals surface area contributed by atoms with Gasteiger partial charge in [0.05, 0.1) is 5.52 Å². The fraction of sp³-hybridized carbons (Fsp3) is 0.579. The number of para-hydroxylation sites is 1. The van der Waals surface area contributed by atoms with Crippen molar-refractivity contribution in [2.24, 2.45) is 0 Å².